The third-order valence-electron chi connectivity index (χ3n) is 3.55. The van der Waals surface area contributed by atoms with Crippen LogP contribution in [0.3, 0.4) is 0 Å². The fraction of sp³-hybridized carbons (Fsp3) is 0.600. The fourth-order valence-electron chi connectivity index (χ4n) is 2.46. The van der Waals surface area contributed by atoms with E-state index in [1.807, 2.05) is 24.1 Å². The molecule has 0 aliphatic heterocycles. The summed E-state index contributed by atoms with van der Waals surface area (Å²) in [5.41, 5.74) is 4.95. The highest BCUT2D eigenvalue weighted by Gasteiger charge is 2.12. The van der Waals surface area contributed by atoms with Gasteiger partial charge in [0.1, 0.15) is 0 Å². The van der Waals surface area contributed by atoms with Gasteiger partial charge >= 0.3 is 0 Å². The van der Waals surface area contributed by atoms with Gasteiger partial charge in [0.25, 0.3) is 0 Å². The lowest BCUT2D eigenvalue weighted by Gasteiger charge is -2.08. The molecule has 2 aromatic rings. The summed E-state index contributed by atoms with van der Waals surface area (Å²) < 4.78 is 3.91. The molecule has 2 heterocycles. The Hall–Kier alpha value is -1.62. The van der Waals surface area contributed by atoms with Crippen molar-refractivity contribution in [1.29, 1.82) is 0 Å². The lowest BCUT2D eigenvalue weighted by Crippen LogP contribution is -2.25. The van der Waals surface area contributed by atoms with Crippen molar-refractivity contribution in [2.75, 3.05) is 6.54 Å². The molecule has 2 rings (SSSR count). The molecule has 0 spiro atoms. The van der Waals surface area contributed by atoms with Gasteiger partial charge in [-0.3, -0.25) is 9.36 Å². The summed E-state index contributed by atoms with van der Waals surface area (Å²) in [6.45, 7) is 10.4. The van der Waals surface area contributed by atoms with Gasteiger partial charge in [-0.15, -0.1) is 0 Å². The van der Waals surface area contributed by atoms with Crippen molar-refractivity contribution in [2.24, 2.45) is 7.05 Å². The van der Waals surface area contributed by atoms with Crippen LogP contribution >= 0.6 is 0 Å². The number of nitrogens with zero attached hydrogens (tertiary/aromatic N) is 4. The zero-order valence-electron chi connectivity index (χ0n) is 13.1. The number of nitrogens with one attached hydrogen (secondary N) is 1. The van der Waals surface area contributed by atoms with Crippen LogP contribution in [0.1, 0.15) is 36.4 Å². The third-order valence-corrected chi connectivity index (χ3v) is 3.55. The highest BCUT2D eigenvalue weighted by molar-refractivity contribution is 5.25. The molecule has 110 valence electrons. The van der Waals surface area contributed by atoms with Gasteiger partial charge in [-0.2, -0.15) is 10.2 Å². The van der Waals surface area contributed by atoms with Crippen molar-refractivity contribution in [1.82, 2.24) is 24.9 Å². The number of aryl methyl sites for hydroxylation is 2. The molecule has 2 aromatic heterocycles. The summed E-state index contributed by atoms with van der Waals surface area (Å²) >= 11 is 0. The average Bonchev–Trinajstić information content (AvgIpc) is 2.88. The molecule has 1 N–H and O–H groups in total. The number of rotatable bonds is 6. The minimum atomic E-state index is 0.529. The van der Waals surface area contributed by atoms with Gasteiger partial charge in [0.05, 0.1) is 18.4 Å². The first-order chi connectivity index (χ1) is 9.47. The van der Waals surface area contributed by atoms with Crippen LogP contribution < -0.4 is 5.32 Å². The first-order valence-electron chi connectivity index (χ1n) is 7.21. The smallest absolute Gasteiger partial charge is 0.0693 e. The molecule has 0 amide bonds. The van der Waals surface area contributed by atoms with Crippen molar-refractivity contribution in [3.63, 3.8) is 0 Å². The summed E-state index contributed by atoms with van der Waals surface area (Å²) in [5, 5.41) is 12.3. The van der Waals surface area contributed by atoms with E-state index >= 15 is 0 Å². The van der Waals surface area contributed by atoms with Crippen LogP contribution in [0.4, 0.5) is 0 Å². The molecule has 5 nitrogen and oxygen atoms in total. The molecule has 5 heteroatoms. The highest BCUT2D eigenvalue weighted by atomic mass is 15.3. The van der Waals surface area contributed by atoms with Crippen molar-refractivity contribution < 1.29 is 0 Å². The van der Waals surface area contributed by atoms with E-state index in [0.717, 1.165) is 25.2 Å². The van der Waals surface area contributed by atoms with Gasteiger partial charge in [-0.1, -0.05) is 13.8 Å². The molecule has 0 fully saturated rings. The molecule has 0 unspecified atom stereocenters. The van der Waals surface area contributed by atoms with Crippen LogP contribution in [0.25, 0.3) is 0 Å². The first-order valence-corrected chi connectivity index (χ1v) is 7.21. The second-order valence-corrected chi connectivity index (χ2v) is 5.69. The molecular weight excluding hydrogens is 250 g/mol. The monoisotopic (exact) mass is 275 g/mol. The zero-order valence-corrected chi connectivity index (χ0v) is 13.1. The molecule has 0 radical (unpaired) electrons. The van der Waals surface area contributed by atoms with Gasteiger partial charge in [-0.05, 0) is 32.4 Å². The molecule has 0 saturated carbocycles. The minimum Gasteiger partial charge on any atom is -0.314 e. The van der Waals surface area contributed by atoms with Gasteiger partial charge in [0, 0.05) is 30.5 Å². The Labute approximate surface area is 121 Å². The quantitative estimate of drug-likeness (QED) is 0.875. The summed E-state index contributed by atoms with van der Waals surface area (Å²) in [6, 6.07) is 0.529. The SMILES string of the molecule is Cc1nn(Cc2cnn(C)c2)c(C)c1CCNC(C)C. The Morgan fingerprint density at radius 1 is 1.30 bits per heavy atom. The number of hydrogen-bond donors (Lipinski definition) is 1. The molecule has 0 aliphatic rings. The van der Waals surface area contributed by atoms with Crippen LogP contribution in [0.15, 0.2) is 12.4 Å². The Kier molecular flexibility index (Phi) is 4.60. The molecule has 0 aliphatic carbocycles. The van der Waals surface area contributed by atoms with E-state index in [0.29, 0.717) is 6.04 Å². The highest BCUT2D eigenvalue weighted by Crippen LogP contribution is 2.15. The van der Waals surface area contributed by atoms with Crippen molar-refractivity contribution in [3.8, 4) is 0 Å². The Morgan fingerprint density at radius 3 is 2.65 bits per heavy atom. The molecule has 0 aromatic carbocycles. The lowest BCUT2D eigenvalue weighted by atomic mass is 10.1. The average molecular weight is 275 g/mol. The van der Waals surface area contributed by atoms with E-state index in [4.69, 9.17) is 0 Å². The Morgan fingerprint density at radius 2 is 2.05 bits per heavy atom. The van der Waals surface area contributed by atoms with E-state index in [1.54, 1.807) is 0 Å². The summed E-state index contributed by atoms with van der Waals surface area (Å²) in [4.78, 5) is 0. The number of hydrogen-bond acceptors (Lipinski definition) is 3. The maximum absolute atomic E-state index is 4.66. The van der Waals surface area contributed by atoms with E-state index in [2.05, 4.69) is 47.9 Å². The molecule has 0 atom stereocenters. The van der Waals surface area contributed by atoms with Crippen LogP contribution in [-0.2, 0) is 20.0 Å². The Balaban J connectivity index is 2.08. The van der Waals surface area contributed by atoms with Gasteiger partial charge in [0.15, 0.2) is 0 Å². The fourth-order valence-corrected chi connectivity index (χ4v) is 2.46. The van der Waals surface area contributed by atoms with Crippen molar-refractivity contribution >= 4 is 0 Å². The predicted molar refractivity (Wildman–Crippen MR) is 80.9 cm³/mol. The predicted octanol–water partition coefficient (Wildman–Crippen LogP) is 1.82. The van der Waals surface area contributed by atoms with E-state index < -0.39 is 0 Å². The molecule has 0 saturated heterocycles. The number of aromatic nitrogens is 4. The van der Waals surface area contributed by atoms with Crippen LogP contribution in [0, 0.1) is 13.8 Å². The third kappa shape index (κ3) is 3.48. The first kappa shape index (κ1) is 14.8. The van der Waals surface area contributed by atoms with Crippen LogP contribution in [0.2, 0.25) is 0 Å². The van der Waals surface area contributed by atoms with Gasteiger partial charge in [-0.25, -0.2) is 0 Å². The van der Waals surface area contributed by atoms with Gasteiger partial charge < -0.3 is 5.32 Å². The second-order valence-electron chi connectivity index (χ2n) is 5.69. The van der Waals surface area contributed by atoms with E-state index in [-0.39, 0.29) is 0 Å². The maximum atomic E-state index is 4.66. The summed E-state index contributed by atoms with van der Waals surface area (Å²) in [7, 11) is 1.94. The van der Waals surface area contributed by atoms with Crippen LogP contribution in [0.5, 0.6) is 0 Å². The molecule has 0 bridgehead atoms. The lowest BCUT2D eigenvalue weighted by molar-refractivity contribution is 0.588. The largest absolute Gasteiger partial charge is 0.314 e. The van der Waals surface area contributed by atoms with Crippen molar-refractivity contribution in [2.45, 2.75) is 46.7 Å². The van der Waals surface area contributed by atoms with E-state index in [1.165, 1.54) is 16.8 Å². The zero-order chi connectivity index (χ0) is 14.7. The summed E-state index contributed by atoms with van der Waals surface area (Å²) in [5.74, 6) is 0. The standard InChI is InChI=1S/C15H25N5/c1-11(2)16-7-6-15-12(3)18-20(13(15)4)10-14-8-17-19(5)9-14/h8-9,11,16H,6-7,10H2,1-5H3. The van der Waals surface area contributed by atoms with Gasteiger partial charge in [0.2, 0.25) is 0 Å². The molecular formula is C15H25N5. The topological polar surface area (TPSA) is 47.7 Å². The maximum Gasteiger partial charge on any atom is 0.0693 e. The van der Waals surface area contributed by atoms with Crippen molar-refractivity contribution in [3.05, 3.63) is 34.9 Å². The normalized spacial score (nSPS) is 11.5. The molecule has 20 heavy (non-hydrogen) atoms. The Bertz CT molecular complexity index is 565. The summed E-state index contributed by atoms with van der Waals surface area (Å²) in [6.07, 6.45) is 4.97. The van der Waals surface area contributed by atoms with E-state index in [9.17, 15) is 0 Å². The second kappa shape index (κ2) is 6.22. The minimum absolute atomic E-state index is 0.529. The van der Waals surface area contributed by atoms with Crippen LogP contribution in [-0.4, -0.2) is 32.1 Å².